The lowest BCUT2D eigenvalue weighted by Gasteiger charge is -2.42. The Labute approximate surface area is 265 Å². The number of rotatable bonds is 7. The minimum atomic E-state index is -4.59. The first kappa shape index (κ1) is 31.7. The number of nitrogens with one attached hydrogen (secondary N) is 1. The van der Waals surface area contributed by atoms with Gasteiger partial charge in [-0.25, -0.2) is 4.39 Å². The van der Waals surface area contributed by atoms with E-state index < -0.39 is 38.5 Å². The van der Waals surface area contributed by atoms with Gasteiger partial charge in [-0.2, -0.15) is 33.5 Å². The maximum Gasteiger partial charge on any atom is 0.418 e. The number of nitrogens with zero attached hydrogens (tertiary/aromatic N) is 8. The van der Waals surface area contributed by atoms with Crippen LogP contribution in [0.4, 0.5) is 29.1 Å². The summed E-state index contributed by atoms with van der Waals surface area (Å²) in [5.41, 5.74) is 1.27. The number of ether oxygens (including phenoxy) is 1. The zero-order valence-corrected chi connectivity index (χ0v) is 26.9. The maximum absolute atomic E-state index is 14.5. The van der Waals surface area contributed by atoms with Crippen molar-refractivity contribution in [2.75, 3.05) is 55.8 Å². The van der Waals surface area contributed by atoms with E-state index in [4.69, 9.17) is 14.7 Å². The molecule has 2 fully saturated rings. The predicted octanol–water partition coefficient (Wildman–Crippen LogP) is 3.63. The molecule has 3 aliphatic heterocycles. The average molecular weight is 658 g/mol. The molecule has 3 aromatic rings. The summed E-state index contributed by atoms with van der Waals surface area (Å²) in [4.78, 5) is 27.0. The van der Waals surface area contributed by atoms with E-state index >= 15 is 0 Å². The van der Waals surface area contributed by atoms with Gasteiger partial charge in [-0.05, 0) is 51.0 Å². The third-order valence-corrected chi connectivity index (χ3v) is 12.3. The van der Waals surface area contributed by atoms with Crippen LogP contribution in [0.1, 0.15) is 35.2 Å². The topological polar surface area (TPSA) is 118 Å². The number of hydrogen-bond acceptors (Lipinski definition) is 9. The van der Waals surface area contributed by atoms with Crippen LogP contribution in [0.5, 0.6) is 6.01 Å². The van der Waals surface area contributed by atoms with E-state index in [1.165, 1.54) is 24.1 Å². The minimum absolute atomic E-state index is 0.0200. The SMILES string of the molecule is C=C(F)C(=O)N1CCN(c2nc(OC[Si@@H]3CCCN3C)nc3c2CCN(c2c(C(F)(F)F)c(C)cc4[nH]ncc24)C3)C[C@@H]1CC#N. The highest BCUT2D eigenvalue weighted by atomic mass is 28.3. The zero-order valence-electron chi connectivity index (χ0n) is 25.7. The summed E-state index contributed by atoms with van der Waals surface area (Å²) in [7, 11) is 0.746. The molecule has 16 heteroatoms. The van der Waals surface area contributed by atoms with Crippen LogP contribution < -0.4 is 14.5 Å². The molecule has 1 aromatic carbocycles. The number of alkyl halides is 3. The summed E-state index contributed by atoms with van der Waals surface area (Å²) in [6.07, 6.45) is -1.25. The fraction of sp³-hybridized carbons (Fsp3) is 0.500. The van der Waals surface area contributed by atoms with Crippen molar-refractivity contribution in [1.82, 2.24) is 29.6 Å². The monoisotopic (exact) mass is 657 g/mol. The molecular weight excluding hydrogens is 622 g/mol. The summed E-state index contributed by atoms with van der Waals surface area (Å²) in [5, 5.41) is 16.7. The number of aromatic nitrogens is 4. The van der Waals surface area contributed by atoms with Crippen LogP contribution in [0.2, 0.25) is 6.04 Å². The van der Waals surface area contributed by atoms with Crippen LogP contribution in [0.15, 0.2) is 24.7 Å². The molecule has 11 nitrogen and oxygen atoms in total. The van der Waals surface area contributed by atoms with Crippen molar-refractivity contribution in [3.05, 3.63) is 47.1 Å². The summed E-state index contributed by atoms with van der Waals surface area (Å²) in [6.45, 7) is 6.60. The van der Waals surface area contributed by atoms with Crippen molar-refractivity contribution >= 4 is 37.3 Å². The van der Waals surface area contributed by atoms with Crippen molar-refractivity contribution in [3.8, 4) is 12.1 Å². The van der Waals surface area contributed by atoms with Crippen LogP contribution in [-0.4, -0.2) is 96.5 Å². The van der Waals surface area contributed by atoms with Gasteiger partial charge in [-0.1, -0.05) is 6.58 Å². The number of halogens is 4. The molecule has 0 unspecified atom stereocenters. The normalized spacial score (nSPS) is 20.6. The van der Waals surface area contributed by atoms with Crippen molar-refractivity contribution < 1.29 is 27.1 Å². The lowest BCUT2D eigenvalue weighted by Crippen LogP contribution is -2.55. The van der Waals surface area contributed by atoms with Crippen molar-refractivity contribution in [2.45, 2.75) is 51.0 Å². The number of piperazine rings is 1. The van der Waals surface area contributed by atoms with Crippen LogP contribution in [0.25, 0.3) is 10.9 Å². The van der Waals surface area contributed by atoms with E-state index in [-0.39, 0.29) is 49.9 Å². The molecule has 0 saturated carbocycles. The number of aryl methyl sites for hydroxylation is 1. The second-order valence-electron chi connectivity index (χ2n) is 12.1. The van der Waals surface area contributed by atoms with Gasteiger partial charge in [0.2, 0.25) is 0 Å². The van der Waals surface area contributed by atoms with Gasteiger partial charge in [0, 0.05) is 37.1 Å². The van der Waals surface area contributed by atoms with Gasteiger partial charge in [-0.3, -0.25) is 9.89 Å². The standard InChI is InChI=1S/C30H35F4N9O2Si/c1-18-13-23-22(14-36-39-23)26(25(18)30(32,33)34)41-9-6-21-24(16-41)37-29(45-17-46-12-4-8-40(46)3)38-27(21)42-10-11-43(28(44)19(2)31)20(15-42)5-7-35/h13-14,20,46H,2,4-6,8-12,15-17H2,1,3H3,(H,36,39)/t20-,46-/m0/s1. The number of benzene rings is 1. The van der Waals surface area contributed by atoms with E-state index in [9.17, 15) is 27.6 Å². The number of H-pyrrole nitrogens is 1. The number of hydrogen-bond donors (Lipinski definition) is 1. The third-order valence-electron chi connectivity index (χ3n) is 9.22. The Hall–Kier alpha value is -4.23. The molecule has 5 heterocycles. The Morgan fingerprint density at radius 3 is 2.74 bits per heavy atom. The molecule has 2 atom stereocenters. The number of carbonyl (C=O) groups excluding carboxylic acids is 1. The van der Waals surface area contributed by atoms with E-state index in [0.29, 0.717) is 41.6 Å². The van der Waals surface area contributed by atoms with E-state index in [1.807, 2.05) is 4.90 Å². The first-order valence-electron chi connectivity index (χ1n) is 15.2. The van der Waals surface area contributed by atoms with Gasteiger partial charge in [0.15, 0.2) is 14.8 Å². The summed E-state index contributed by atoms with van der Waals surface area (Å²) in [5.74, 6) is -1.38. The van der Waals surface area contributed by atoms with Crippen LogP contribution in [0, 0.1) is 18.3 Å². The molecule has 0 bridgehead atoms. The average Bonchev–Trinajstić information content (AvgIpc) is 3.66. The fourth-order valence-electron chi connectivity index (χ4n) is 6.91. The Morgan fingerprint density at radius 2 is 2.04 bits per heavy atom. The quantitative estimate of drug-likeness (QED) is 0.231. The highest BCUT2D eigenvalue weighted by molar-refractivity contribution is 6.56. The van der Waals surface area contributed by atoms with E-state index in [1.54, 1.807) is 4.90 Å². The molecule has 0 aliphatic carbocycles. The van der Waals surface area contributed by atoms with Crippen molar-refractivity contribution in [3.63, 3.8) is 0 Å². The Bertz CT molecular complexity index is 1710. The molecule has 46 heavy (non-hydrogen) atoms. The number of anilines is 2. The molecule has 0 spiro atoms. The first-order chi connectivity index (χ1) is 22.0. The smallest absolute Gasteiger partial charge is 0.418 e. The molecule has 0 radical (unpaired) electrons. The number of fused-ring (bicyclic) bond motifs is 2. The van der Waals surface area contributed by atoms with Crippen molar-refractivity contribution in [1.29, 1.82) is 5.26 Å². The lowest BCUT2D eigenvalue weighted by molar-refractivity contribution is -0.137. The third kappa shape index (κ3) is 6.00. The Balaban J connectivity index is 1.38. The number of amides is 1. The van der Waals surface area contributed by atoms with Gasteiger partial charge >= 0.3 is 12.2 Å². The van der Waals surface area contributed by atoms with Gasteiger partial charge in [0.1, 0.15) is 5.82 Å². The molecule has 2 saturated heterocycles. The molecule has 244 valence electrons. The fourth-order valence-corrected chi connectivity index (χ4v) is 9.31. The van der Waals surface area contributed by atoms with Crippen LogP contribution >= 0.6 is 0 Å². The van der Waals surface area contributed by atoms with Crippen molar-refractivity contribution in [2.24, 2.45) is 0 Å². The number of nitriles is 1. The molecule has 1 amide bonds. The zero-order chi connectivity index (χ0) is 32.7. The van der Waals surface area contributed by atoms with Gasteiger partial charge in [0.25, 0.3) is 5.91 Å². The highest BCUT2D eigenvalue weighted by Gasteiger charge is 2.40. The second-order valence-corrected chi connectivity index (χ2v) is 15.2. The number of carbonyl (C=O) groups is 1. The largest absolute Gasteiger partial charge is 0.466 e. The van der Waals surface area contributed by atoms with Gasteiger partial charge < -0.3 is 24.0 Å². The van der Waals surface area contributed by atoms with Crippen LogP contribution in [-0.2, 0) is 23.9 Å². The minimum Gasteiger partial charge on any atom is -0.466 e. The Morgan fingerprint density at radius 1 is 1.24 bits per heavy atom. The lowest BCUT2D eigenvalue weighted by atomic mass is 9.98. The van der Waals surface area contributed by atoms with E-state index in [0.717, 1.165) is 24.6 Å². The maximum atomic E-state index is 14.5. The number of aromatic amines is 1. The molecule has 2 aromatic heterocycles. The summed E-state index contributed by atoms with van der Waals surface area (Å²) < 4.78 is 65.8. The second kappa shape index (κ2) is 12.5. The van der Waals surface area contributed by atoms with Crippen LogP contribution in [0.3, 0.4) is 0 Å². The molecule has 6 rings (SSSR count). The first-order valence-corrected chi connectivity index (χ1v) is 17.4. The molecular formula is C30H35F4N9O2Si. The summed E-state index contributed by atoms with van der Waals surface area (Å²) >= 11 is 0. The highest BCUT2D eigenvalue weighted by Crippen LogP contribution is 2.44. The summed E-state index contributed by atoms with van der Waals surface area (Å²) in [6, 6.07) is 4.18. The van der Waals surface area contributed by atoms with E-state index in [2.05, 4.69) is 34.5 Å². The molecule has 3 aliphatic rings. The predicted molar refractivity (Wildman–Crippen MR) is 166 cm³/mol. The van der Waals surface area contributed by atoms with Gasteiger partial charge in [0.05, 0.1) is 60.0 Å². The molecule has 1 N–H and O–H groups in total. The van der Waals surface area contributed by atoms with Gasteiger partial charge in [-0.15, -0.1) is 0 Å². The Kier molecular flexibility index (Phi) is 8.64.